The van der Waals surface area contributed by atoms with Gasteiger partial charge in [-0.15, -0.1) is 35.1 Å². The molecule has 134 valence electrons. The van der Waals surface area contributed by atoms with Gasteiger partial charge < -0.3 is 11.1 Å². The Bertz CT molecular complexity index is 882. The van der Waals surface area contributed by atoms with E-state index >= 15 is 0 Å². The molecule has 0 atom stereocenters. The number of nitrogens with one attached hydrogen (secondary N) is 1. The number of hydrogen-bond donors (Lipinski definition) is 2. The number of fused-ring (bicyclic) bond motifs is 1. The number of rotatable bonds is 4. The Morgan fingerprint density at radius 1 is 1.28 bits per heavy atom. The molecular formula is C17H21ClN4OS2. The summed E-state index contributed by atoms with van der Waals surface area (Å²) in [5.41, 5.74) is 7.69. The second-order valence-corrected chi connectivity index (χ2v) is 8.54. The van der Waals surface area contributed by atoms with Gasteiger partial charge in [0.1, 0.15) is 5.69 Å². The van der Waals surface area contributed by atoms with Crippen molar-refractivity contribution in [3.05, 3.63) is 39.3 Å². The summed E-state index contributed by atoms with van der Waals surface area (Å²) in [5.74, 6) is -0.200. The van der Waals surface area contributed by atoms with E-state index in [2.05, 4.69) is 36.1 Å². The molecule has 3 aromatic rings. The van der Waals surface area contributed by atoms with Gasteiger partial charge in [0, 0.05) is 22.9 Å². The van der Waals surface area contributed by atoms with E-state index in [1.54, 1.807) is 16.7 Å². The molecule has 0 fully saturated rings. The Morgan fingerprint density at radius 3 is 2.72 bits per heavy atom. The number of anilines is 1. The van der Waals surface area contributed by atoms with Crippen molar-refractivity contribution in [1.82, 2.24) is 9.97 Å². The third-order valence-corrected chi connectivity index (χ3v) is 5.78. The molecular weight excluding hydrogens is 376 g/mol. The number of halogens is 1. The fourth-order valence-electron chi connectivity index (χ4n) is 2.17. The first-order valence-corrected chi connectivity index (χ1v) is 9.43. The molecule has 2 aromatic heterocycles. The van der Waals surface area contributed by atoms with Crippen molar-refractivity contribution in [3.8, 4) is 0 Å². The van der Waals surface area contributed by atoms with Crippen LogP contribution in [0.25, 0.3) is 10.2 Å². The van der Waals surface area contributed by atoms with Crippen molar-refractivity contribution in [3.63, 3.8) is 0 Å². The molecule has 1 aromatic carbocycles. The molecule has 1 amide bonds. The van der Waals surface area contributed by atoms with Crippen LogP contribution in [0.2, 0.25) is 0 Å². The number of carbonyl (C=O) groups excluding carboxylic acids is 1. The van der Waals surface area contributed by atoms with Crippen LogP contribution in [0.4, 0.5) is 5.69 Å². The highest BCUT2D eigenvalue weighted by Gasteiger charge is 2.19. The third-order valence-electron chi connectivity index (χ3n) is 3.43. The largest absolute Gasteiger partial charge is 0.330 e. The molecule has 8 heteroatoms. The number of aromatic nitrogens is 2. The Kier molecular flexibility index (Phi) is 6.16. The van der Waals surface area contributed by atoms with Gasteiger partial charge in [-0.25, -0.2) is 9.97 Å². The number of carbonyl (C=O) groups is 1. The minimum atomic E-state index is -0.200. The summed E-state index contributed by atoms with van der Waals surface area (Å²) in [6, 6.07) is 5.78. The number of amides is 1. The monoisotopic (exact) mass is 396 g/mol. The van der Waals surface area contributed by atoms with E-state index < -0.39 is 0 Å². The number of nitrogens with two attached hydrogens (primary N) is 1. The van der Waals surface area contributed by atoms with Crippen molar-refractivity contribution in [1.29, 1.82) is 0 Å². The highest BCUT2D eigenvalue weighted by atomic mass is 35.5. The molecule has 0 aliphatic carbocycles. The molecule has 5 nitrogen and oxygen atoms in total. The second kappa shape index (κ2) is 7.78. The van der Waals surface area contributed by atoms with Crippen molar-refractivity contribution >= 4 is 56.9 Å². The molecule has 3 N–H and O–H groups in total. The van der Waals surface area contributed by atoms with E-state index in [0.717, 1.165) is 25.9 Å². The fourth-order valence-corrected chi connectivity index (χ4v) is 4.03. The zero-order chi connectivity index (χ0) is 17.3. The Labute approximate surface area is 161 Å². The third kappa shape index (κ3) is 4.55. The molecule has 0 aliphatic heterocycles. The fraction of sp³-hybridized carbons (Fsp3) is 0.353. The highest BCUT2D eigenvalue weighted by molar-refractivity contribution is 7.18. The van der Waals surface area contributed by atoms with E-state index in [4.69, 9.17) is 5.73 Å². The molecule has 3 rings (SSSR count). The van der Waals surface area contributed by atoms with Gasteiger partial charge in [0.25, 0.3) is 5.91 Å². The van der Waals surface area contributed by atoms with Gasteiger partial charge in [-0.05, 0) is 24.7 Å². The van der Waals surface area contributed by atoms with Crippen LogP contribution in [-0.2, 0) is 11.8 Å². The minimum absolute atomic E-state index is 0. The minimum Gasteiger partial charge on any atom is -0.330 e. The standard InChI is InChI=1S/C17H20N4OS2.ClH/c1-17(2,3)16-21-11-5-4-10(8-13(11)24-16)19-15(22)12-9-23-14(20-12)6-7-18;/h4-5,8-9H,6-7,18H2,1-3H3,(H,19,22);1H. The lowest BCUT2D eigenvalue weighted by molar-refractivity contribution is 0.102. The second-order valence-electron chi connectivity index (χ2n) is 6.57. The molecule has 0 spiro atoms. The molecule has 2 heterocycles. The summed E-state index contributed by atoms with van der Waals surface area (Å²) in [7, 11) is 0. The average Bonchev–Trinajstić information content (AvgIpc) is 3.13. The number of thiazole rings is 2. The highest BCUT2D eigenvalue weighted by Crippen LogP contribution is 2.32. The average molecular weight is 397 g/mol. The quantitative estimate of drug-likeness (QED) is 0.691. The summed E-state index contributed by atoms with van der Waals surface area (Å²) in [4.78, 5) is 21.3. The summed E-state index contributed by atoms with van der Waals surface area (Å²) >= 11 is 3.12. The van der Waals surface area contributed by atoms with Gasteiger partial charge in [-0.2, -0.15) is 0 Å². The molecule has 0 saturated carbocycles. The SMILES string of the molecule is CC(C)(C)c1nc2ccc(NC(=O)c3csc(CCN)n3)cc2s1.Cl. The van der Waals surface area contributed by atoms with Crippen LogP contribution in [0.5, 0.6) is 0 Å². The van der Waals surface area contributed by atoms with Crippen molar-refractivity contribution < 1.29 is 4.79 Å². The van der Waals surface area contributed by atoms with Crippen LogP contribution in [0, 0.1) is 0 Å². The lowest BCUT2D eigenvalue weighted by Crippen LogP contribution is -2.12. The smallest absolute Gasteiger partial charge is 0.275 e. The molecule has 25 heavy (non-hydrogen) atoms. The molecule has 0 aliphatic rings. The Morgan fingerprint density at radius 2 is 2.04 bits per heavy atom. The molecule has 0 bridgehead atoms. The van der Waals surface area contributed by atoms with Gasteiger partial charge in [-0.1, -0.05) is 20.8 Å². The number of hydrogen-bond acceptors (Lipinski definition) is 6. The summed E-state index contributed by atoms with van der Waals surface area (Å²) in [6.45, 7) is 6.98. The maximum absolute atomic E-state index is 12.3. The first-order valence-electron chi connectivity index (χ1n) is 7.74. The number of benzene rings is 1. The van der Waals surface area contributed by atoms with Crippen LogP contribution in [0.1, 0.15) is 41.3 Å². The Balaban J connectivity index is 0.00000225. The van der Waals surface area contributed by atoms with Crippen LogP contribution in [0.3, 0.4) is 0 Å². The van der Waals surface area contributed by atoms with Gasteiger partial charge >= 0.3 is 0 Å². The van der Waals surface area contributed by atoms with Gasteiger partial charge in [0.05, 0.1) is 20.2 Å². The van der Waals surface area contributed by atoms with E-state index in [9.17, 15) is 4.79 Å². The molecule has 0 unspecified atom stereocenters. The van der Waals surface area contributed by atoms with E-state index in [1.807, 2.05) is 18.2 Å². The van der Waals surface area contributed by atoms with E-state index in [0.29, 0.717) is 18.7 Å². The van der Waals surface area contributed by atoms with E-state index in [1.165, 1.54) is 11.3 Å². The van der Waals surface area contributed by atoms with E-state index in [-0.39, 0.29) is 23.7 Å². The van der Waals surface area contributed by atoms with Crippen LogP contribution >= 0.6 is 35.1 Å². The molecule has 0 saturated heterocycles. The van der Waals surface area contributed by atoms with Gasteiger partial charge in [0.2, 0.25) is 0 Å². The van der Waals surface area contributed by atoms with Gasteiger partial charge in [0.15, 0.2) is 0 Å². The maximum Gasteiger partial charge on any atom is 0.275 e. The van der Waals surface area contributed by atoms with Crippen molar-refractivity contribution in [2.75, 3.05) is 11.9 Å². The van der Waals surface area contributed by atoms with Crippen LogP contribution in [-0.4, -0.2) is 22.4 Å². The van der Waals surface area contributed by atoms with Crippen LogP contribution in [0.15, 0.2) is 23.6 Å². The number of nitrogens with zero attached hydrogens (tertiary/aromatic N) is 2. The predicted octanol–water partition coefficient (Wildman–Crippen LogP) is 4.23. The lowest BCUT2D eigenvalue weighted by atomic mass is 9.98. The first kappa shape index (κ1) is 19.8. The zero-order valence-electron chi connectivity index (χ0n) is 14.3. The molecule has 0 radical (unpaired) electrons. The first-order chi connectivity index (χ1) is 11.4. The maximum atomic E-state index is 12.3. The van der Waals surface area contributed by atoms with Gasteiger partial charge in [-0.3, -0.25) is 4.79 Å². The normalized spacial score (nSPS) is 11.4. The predicted molar refractivity (Wildman–Crippen MR) is 108 cm³/mol. The van der Waals surface area contributed by atoms with Crippen LogP contribution < -0.4 is 11.1 Å². The lowest BCUT2D eigenvalue weighted by Gasteiger charge is -2.13. The summed E-state index contributed by atoms with van der Waals surface area (Å²) in [5, 5.41) is 6.65. The van der Waals surface area contributed by atoms with Crippen molar-refractivity contribution in [2.24, 2.45) is 5.73 Å². The summed E-state index contributed by atoms with van der Waals surface area (Å²) in [6.07, 6.45) is 0.695. The Hall–Kier alpha value is -1.54. The zero-order valence-corrected chi connectivity index (χ0v) is 16.8. The topological polar surface area (TPSA) is 80.9 Å². The summed E-state index contributed by atoms with van der Waals surface area (Å²) < 4.78 is 1.07. The van der Waals surface area contributed by atoms with Crippen molar-refractivity contribution in [2.45, 2.75) is 32.6 Å².